The molecule has 0 saturated heterocycles. The standard InChI is InChI=1S/C11H12BrClN2OS/c1-11(2,9(14)17)10(16)15-8-5-6(13)3-4-7(8)12/h3-5H,1-2H3,(H2,14,17)(H,15,16). The molecule has 0 aliphatic heterocycles. The van der Waals surface area contributed by atoms with Gasteiger partial charge in [-0.1, -0.05) is 23.8 Å². The number of nitrogens with two attached hydrogens (primary N) is 1. The van der Waals surface area contributed by atoms with E-state index in [1.807, 2.05) is 0 Å². The van der Waals surface area contributed by atoms with E-state index in [2.05, 4.69) is 21.2 Å². The van der Waals surface area contributed by atoms with Crippen molar-refractivity contribution in [2.45, 2.75) is 13.8 Å². The van der Waals surface area contributed by atoms with Crippen LogP contribution in [-0.4, -0.2) is 10.9 Å². The molecule has 3 N–H and O–H groups in total. The first-order valence-corrected chi connectivity index (χ1v) is 6.39. The Kier molecular flexibility index (Phi) is 4.52. The van der Waals surface area contributed by atoms with Crippen LogP contribution in [0.1, 0.15) is 13.8 Å². The van der Waals surface area contributed by atoms with Gasteiger partial charge in [0.25, 0.3) is 0 Å². The molecule has 1 amide bonds. The van der Waals surface area contributed by atoms with Crippen LogP contribution >= 0.6 is 39.7 Å². The molecule has 3 nitrogen and oxygen atoms in total. The summed E-state index contributed by atoms with van der Waals surface area (Å²) in [5, 5.41) is 3.27. The molecular weight excluding hydrogens is 324 g/mol. The highest BCUT2D eigenvalue weighted by Crippen LogP contribution is 2.28. The minimum atomic E-state index is -0.906. The van der Waals surface area contributed by atoms with Crippen molar-refractivity contribution in [1.29, 1.82) is 0 Å². The summed E-state index contributed by atoms with van der Waals surface area (Å²) < 4.78 is 0.744. The second-order valence-corrected chi connectivity index (χ2v) is 5.80. The quantitative estimate of drug-likeness (QED) is 0.833. The topological polar surface area (TPSA) is 55.1 Å². The van der Waals surface area contributed by atoms with Gasteiger partial charge in [0, 0.05) is 9.50 Å². The van der Waals surface area contributed by atoms with E-state index in [9.17, 15) is 4.79 Å². The van der Waals surface area contributed by atoms with Crippen molar-refractivity contribution in [3.63, 3.8) is 0 Å². The fourth-order valence-corrected chi connectivity index (χ4v) is 1.59. The second kappa shape index (κ2) is 5.33. The molecule has 0 aliphatic rings. The van der Waals surface area contributed by atoms with Crippen LogP contribution in [0.15, 0.2) is 22.7 Å². The van der Waals surface area contributed by atoms with Gasteiger partial charge < -0.3 is 11.1 Å². The zero-order valence-electron chi connectivity index (χ0n) is 9.38. The number of hydrogen-bond donors (Lipinski definition) is 2. The lowest BCUT2D eigenvalue weighted by molar-refractivity contribution is -0.121. The van der Waals surface area contributed by atoms with E-state index >= 15 is 0 Å². The van der Waals surface area contributed by atoms with Gasteiger partial charge in [0.1, 0.15) is 0 Å². The minimum Gasteiger partial charge on any atom is -0.392 e. The predicted molar refractivity (Wildman–Crippen MR) is 78.3 cm³/mol. The normalized spacial score (nSPS) is 11.1. The summed E-state index contributed by atoms with van der Waals surface area (Å²) >= 11 is 14.0. The van der Waals surface area contributed by atoms with Crippen molar-refractivity contribution >= 4 is 56.3 Å². The highest BCUT2D eigenvalue weighted by Gasteiger charge is 2.31. The summed E-state index contributed by atoms with van der Waals surface area (Å²) in [6.07, 6.45) is 0. The molecule has 0 fully saturated rings. The number of benzene rings is 1. The molecule has 0 spiro atoms. The second-order valence-electron chi connectivity index (χ2n) is 4.07. The zero-order chi connectivity index (χ0) is 13.2. The van der Waals surface area contributed by atoms with Gasteiger partial charge in [-0.25, -0.2) is 0 Å². The summed E-state index contributed by atoms with van der Waals surface area (Å²) in [4.78, 5) is 12.1. The summed E-state index contributed by atoms with van der Waals surface area (Å²) in [5.74, 6) is -0.270. The lowest BCUT2D eigenvalue weighted by Gasteiger charge is -2.22. The van der Waals surface area contributed by atoms with Crippen molar-refractivity contribution in [1.82, 2.24) is 0 Å². The van der Waals surface area contributed by atoms with Crippen molar-refractivity contribution < 1.29 is 4.79 Å². The van der Waals surface area contributed by atoms with Crippen LogP contribution in [0.4, 0.5) is 5.69 Å². The van der Waals surface area contributed by atoms with Gasteiger partial charge in [0.05, 0.1) is 16.1 Å². The van der Waals surface area contributed by atoms with E-state index < -0.39 is 5.41 Å². The Morgan fingerprint density at radius 2 is 2.12 bits per heavy atom. The number of carbonyl (C=O) groups is 1. The average molecular weight is 336 g/mol. The molecule has 6 heteroatoms. The van der Waals surface area contributed by atoms with Gasteiger partial charge in [0.15, 0.2) is 0 Å². The van der Waals surface area contributed by atoms with Crippen molar-refractivity contribution in [3.05, 3.63) is 27.7 Å². The molecule has 0 bridgehead atoms. The zero-order valence-corrected chi connectivity index (χ0v) is 12.5. The van der Waals surface area contributed by atoms with Gasteiger partial charge in [-0.15, -0.1) is 0 Å². The summed E-state index contributed by atoms with van der Waals surface area (Å²) in [7, 11) is 0. The number of rotatable bonds is 3. The number of nitrogens with one attached hydrogen (secondary N) is 1. The maximum Gasteiger partial charge on any atom is 0.236 e. The van der Waals surface area contributed by atoms with E-state index in [1.165, 1.54) is 0 Å². The number of halogens is 2. The van der Waals surface area contributed by atoms with E-state index in [0.717, 1.165) is 4.47 Å². The third kappa shape index (κ3) is 3.40. The summed E-state index contributed by atoms with van der Waals surface area (Å²) in [6.45, 7) is 3.34. The fraction of sp³-hybridized carbons (Fsp3) is 0.273. The third-order valence-electron chi connectivity index (χ3n) is 2.36. The largest absolute Gasteiger partial charge is 0.392 e. The number of anilines is 1. The molecule has 0 aromatic heterocycles. The Morgan fingerprint density at radius 1 is 1.53 bits per heavy atom. The van der Waals surface area contributed by atoms with Gasteiger partial charge in [-0.3, -0.25) is 4.79 Å². The molecule has 0 aliphatic carbocycles. The van der Waals surface area contributed by atoms with Crippen LogP contribution in [0.5, 0.6) is 0 Å². The van der Waals surface area contributed by atoms with E-state index in [0.29, 0.717) is 10.7 Å². The number of thiocarbonyl (C=S) groups is 1. The molecule has 17 heavy (non-hydrogen) atoms. The summed E-state index contributed by atoms with van der Waals surface area (Å²) in [5.41, 5.74) is 5.21. The van der Waals surface area contributed by atoms with Crippen LogP contribution in [0, 0.1) is 5.41 Å². The first kappa shape index (κ1) is 14.4. The Morgan fingerprint density at radius 3 is 2.65 bits per heavy atom. The van der Waals surface area contributed by atoms with Crippen molar-refractivity contribution in [2.24, 2.45) is 11.1 Å². The third-order valence-corrected chi connectivity index (χ3v) is 3.80. The first-order chi connectivity index (χ1) is 7.75. The number of amides is 1. The van der Waals surface area contributed by atoms with Gasteiger partial charge >= 0.3 is 0 Å². The van der Waals surface area contributed by atoms with E-state index in [4.69, 9.17) is 29.6 Å². The van der Waals surface area contributed by atoms with Crippen molar-refractivity contribution in [3.8, 4) is 0 Å². The van der Waals surface area contributed by atoms with Gasteiger partial charge in [-0.2, -0.15) is 0 Å². The molecular formula is C11H12BrClN2OS. The van der Waals surface area contributed by atoms with Crippen LogP contribution in [0.2, 0.25) is 5.02 Å². The SMILES string of the molecule is CC(C)(C(=O)Nc1cc(Cl)ccc1Br)C(N)=S. The molecule has 0 unspecified atom stereocenters. The predicted octanol–water partition coefficient (Wildman–Crippen LogP) is 3.35. The first-order valence-electron chi connectivity index (χ1n) is 4.81. The number of carbonyl (C=O) groups excluding carboxylic acids is 1. The molecule has 92 valence electrons. The molecule has 1 rings (SSSR count). The Bertz CT molecular complexity index is 477. The molecule has 0 saturated carbocycles. The monoisotopic (exact) mass is 334 g/mol. The molecule has 0 radical (unpaired) electrons. The molecule has 1 aromatic rings. The van der Waals surface area contributed by atoms with Crippen molar-refractivity contribution in [2.75, 3.05) is 5.32 Å². The van der Waals surface area contributed by atoms with Crippen LogP contribution in [0.3, 0.4) is 0 Å². The lowest BCUT2D eigenvalue weighted by Crippen LogP contribution is -2.41. The van der Waals surface area contributed by atoms with Crippen LogP contribution in [0.25, 0.3) is 0 Å². The lowest BCUT2D eigenvalue weighted by atomic mass is 9.92. The minimum absolute atomic E-state index is 0.146. The van der Waals surface area contributed by atoms with E-state index in [-0.39, 0.29) is 10.9 Å². The van der Waals surface area contributed by atoms with Crippen LogP contribution in [-0.2, 0) is 4.79 Å². The highest BCUT2D eigenvalue weighted by atomic mass is 79.9. The Hall–Kier alpha value is -0.650. The molecule has 1 aromatic carbocycles. The van der Waals surface area contributed by atoms with Gasteiger partial charge in [-0.05, 0) is 48.0 Å². The molecule has 0 heterocycles. The molecule has 0 atom stereocenters. The summed E-state index contributed by atoms with van der Waals surface area (Å²) in [6, 6.07) is 5.13. The fourth-order valence-electron chi connectivity index (χ4n) is 0.984. The highest BCUT2D eigenvalue weighted by molar-refractivity contribution is 9.10. The maximum absolute atomic E-state index is 12.0. The van der Waals surface area contributed by atoms with Crippen LogP contribution < -0.4 is 11.1 Å². The number of hydrogen-bond acceptors (Lipinski definition) is 2. The average Bonchev–Trinajstić information content (AvgIpc) is 2.23. The Labute approximate surface area is 119 Å². The maximum atomic E-state index is 12.0. The van der Waals surface area contributed by atoms with E-state index in [1.54, 1.807) is 32.0 Å². The smallest absolute Gasteiger partial charge is 0.236 e. The Balaban J connectivity index is 2.96. The van der Waals surface area contributed by atoms with Gasteiger partial charge in [0.2, 0.25) is 5.91 Å².